The number of amides is 2. The minimum Gasteiger partial charge on any atom is -0.489 e. The van der Waals surface area contributed by atoms with E-state index in [1.807, 2.05) is 0 Å². The van der Waals surface area contributed by atoms with E-state index in [0.29, 0.717) is 36.4 Å². The van der Waals surface area contributed by atoms with Crippen LogP contribution in [0.4, 0.5) is 24.5 Å². The lowest BCUT2D eigenvalue weighted by atomic mass is 9.75. The van der Waals surface area contributed by atoms with Gasteiger partial charge < -0.3 is 19.7 Å². The molecule has 2 fully saturated rings. The quantitative estimate of drug-likeness (QED) is 0.602. The second-order valence-corrected chi connectivity index (χ2v) is 9.34. The van der Waals surface area contributed by atoms with Crippen molar-refractivity contribution in [3.8, 4) is 17.6 Å². The van der Waals surface area contributed by atoms with Gasteiger partial charge in [-0.3, -0.25) is 14.5 Å². The van der Waals surface area contributed by atoms with E-state index in [0.717, 1.165) is 23.5 Å². The second kappa shape index (κ2) is 8.92. The van der Waals surface area contributed by atoms with Gasteiger partial charge in [0, 0.05) is 25.2 Å². The van der Waals surface area contributed by atoms with E-state index in [9.17, 15) is 22.8 Å². The molecule has 0 bridgehead atoms. The standard InChI is InChI=1S/C25H21F3N4O4S/c1-30-21(33)19-7-10-35-20-12-16(5-6-18(20)36-19)32-23(37)31(22(34)24(32)8-2-9-24)15-4-3-14(13-29)17(11-15)25(26,27)28/h3-6,11-12,19H,2,7-10H2,1H3,(H,30,33). The summed E-state index contributed by atoms with van der Waals surface area (Å²) in [4.78, 5) is 28.5. The van der Waals surface area contributed by atoms with Gasteiger partial charge in [-0.05, 0) is 61.8 Å². The number of nitrogens with one attached hydrogen (secondary N) is 1. The molecule has 192 valence electrons. The number of rotatable bonds is 3. The number of hydrogen-bond donors (Lipinski definition) is 1. The number of carbonyl (C=O) groups excluding carboxylic acids is 2. The number of nitrogens with zero attached hydrogens (tertiary/aromatic N) is 3. The highest BCUT2D eigenvalue weighted by Gasteiger charge is 2.59. The number of alkyl halides is 3. The number of anilines is 2. The van der Waals surface area contributed by atoms with Gasteiger partial charge in [-0.2, -0.15) is 18.4 Å². The van der Waals surface area contributed by atoms with E-state index >= 15 is 0 Å². The van der Waals surface area contributed by atoms with Crippen LogP contribution in [0, 0.1) is 11.3 Å². The highest BCUT2D eigenvalue weighted by atomic mass is 32.1. The summed E-state index contributed by atoms with van der Waals surface area (Å²) in [5.41, 5.74) is -2.25. The molecule has 2 amide bonds. The minimum absolute atomic E-state index is 0.0280. The molecule has 5 rings (SSSR count). The smallest absolute Gasteiger partial charge is 0.417 e. The number of thiocarbonyl (C=S) groups is 1. The van der Waals surface area contributed by atoms with Gasteiger partial charge in [-0.25, -0.2) is 0 Å². The summed E-state index contributed by atoms with van der Waals surface area (Å²) < 4.78 is 52.5. The van der Waals surface area contributed by atoms with E-state index in [-0.39, 0.29) is 23.3 Å². The molecule has 8 nitrogen and oxygen atoms in total. The number of halogens is 3. The van der Waals surface area contributed by atoms with Gasteiger partial charge in [0.05, 0.1) is 29.5 Å². The molecule has 1 spiro atoms. The lowest BCUT2D eigenvalue weighted by Gasteiger charge is -2.43. The van der Waals surface area contributed by atoms with E-state index in [1.165, 1.54) is 13.1 Å². The molecule has 1 saturated carbocycles. The molecular weight excluding hydrogens is 509 g/mol. The largest absolute Gasteiger partial charge is 0.489 e. The van der Waals surface area contributed by atoms with Crippen LogP contribution in [0.1, 0.15) is 36.8 Å². The summed E-state index contributed by atoms with van der Waals surface area (Å²) in [6.07, 6.45) is -3.48. The van der Waals surface area contributed by atoms with Gasteiger partial charge in [0.2, 0.25) is 0 Å². The van der Waals surface area contributed by atoms with Gasteiger partial charge in [0.1, 0.15) is 5.54 Å². The highest BCUT2D eigenvalue weighted by molar-refractivity contribution is 7.81. The van der Waals surface area contributed by atoms with Crippen LogP contribution >= 0.6 is 12.2 Å². The van der Waals surface area contributed by atoms with Gasteiger partial charge in [-0.15, -0.1) is 0 Å². The van der Waals surface area contributed by atoms with Crippen LogP contribution in [0.2, 0.25) is 0 Å². The Hall–Kier alpha value is -3.85. The third kappa shape index (κ3) is 3.94. The summed E-state index contributed by atoms with van der Waals surface area (Å²) in [7, 11) is 1.52. The number of ether oxygens (including phenoxy) is 2. The second-order valence-electron chi connectivity index (χ2n) is 8.97. The zero-order valence-corrected chi connectivity index (χ0v) is 20.4. The molecule has 2 heterocycles. The molecule has 1 aliphatic carbocycles. The first-order chi connectivity index (χ1) is 17.6. The summed E-state index contributed by atoms with van der Waals surface area (Å²) in [5, 5.41) is 11.7. The van der Waals surface area contributed by atoms with E-state index in [2.05, 4.69) is 5.32 Å². The monoisotopic (exact) mass is 530 g/mol. The van der Waals surface area contributed by atoms with Gasteiger partial charge in [-0.1, -0.05) is 0 Å². The van der Waals surface area contributed by atoms with Crippen LogP contribution in [0.15, 0.2) is 36.4 Å². The lowest BCUT2D eigenvalue weighted by Crippen LogP contribution is -2.55. The number of likely N-dealkylation sites (N-methyl/N-ethyl adjacent to an activating group) is 1. The Morgan fingerprint density at radius 1 is 1.19 bits per heavy atom. The molecule has 2 aliphatic heterocycles. The Morgan fingerprint density at radius 3 is 2.54 bits per heavy atom. The average Bonchev–Trinajstić information content (AvgIpc) is 2.96. The predicted octanol–water partition coefficient (Wildman–Crippen LogP) is 3.91. The fourth-order valence-corrected chi connectivity index (χ4v) is 5.36. The molecule has 1 unspecified atom stereocenters. The Kier molecular flexibility index (Phi) is 5.98. The van der Waals surface area contributed by atoms with Crippen LogP contribution in [0.3, 0.4) is 0 Å². The van der Waals surface area contributed by atoms with Gasteiger partial charge >= 0.3 is 6.18 Å². The topological polar surface area (TPSA) is 94.9 Å². The van der Waals surface area contributed by atoms with Gasteiger partial charge in [0.15, 0.2) is 22.7 Å². The van der Waals surface area contributed by atoms with Crippen LogP contribution in [0.5, 0.6) is 11.5 Å². The number of hydrogen-bond acceptors (Lipinski definition) is 6. The van der Waals surface area contributed by atoms with Crippen molar-refractivity contribution in [2.75, 3.05) is 23.5 Å². The van der Waals surface area contributed by atoms with Crippen LogP contribution in [-0.4, -0.2) is 42.2 Å². The molecule has 37 heavy (non-hydrogen) atoms. The fourth-order valence-electron chi connectivity index (χ4n) is 4.89. The van der Waals surface area contributed by atoms with Crippen molar-refractivity contribution in [3.05, 3.63) is 47.5 Å². The number of carbonyl (C=O) groups is 2. The van der Waals surface area contributed by atoms with Crippen molar-refractivity contribution in [3.63, 3.8) is 0 Å². The first kappa shape index (κ1) is 24.8. The summed E-state index contributed by atoms with van der Waals surface area (Å²) in [5.74, 6) is 0.0162. The highest BCUT2D eigenvalue weighted by Crippen LogP contribution is 2.49. The molecule has 0 radical (unpaired) electrons. The van der Waals surface area contributed by atoms with Crippen molar-refractivity contribution >= 4 is 40.5 Å². The predicted molar refractivity (Wildman–Crippen MR) is 130 cm³/mol. The maximum Gasteiger partial charge on any atom is 0.417 e. The van der Waals surface area contributed by atoms with Crippen molar-refractivity contribution in [2.45, 2.75) is 43.5 Å². The molecule has 0 aromatic heterocycles. The van der Waals surface area contributed by atoms with Crippen LogP contribution in [0.25, 0.3) is 0 Å². The molecule has 12 heteroatoms. The van der Waals surface area contributed by atoms with E-state index < -0.39 is 34.9 Å². The molecule has 2 aromatic carbocycles. The summed E-state index contributed by atoms with van der Waals surface area (Å²) in [6, 6.07) is 9.62. The number of nitriles is 1. The molecule has 2 aromatic rings. The summed E-state index contributed by atoms with van der Waals surface area (Å²) in [6.45, 7) is 0.223. The minimum atomic E-state index is -4.78. The Bertz CT molecular complexity index is 1350. The van der Waals surface area contributed by atoms with E-state index in [1.54, 1.807) is 29.2 Å². The van der Waals surface area contributed by atoms with Crippen molar-refractivity contribution in [1.82, 2.24) is 5.32 Å². The fraction of sp³-hybridized carbons (Fsp3) is 0.360. The molecule has 1 atom stereocenters. The first-order valence-electron chi connectivity index (χ1n) is 11.6. The lowest BCUT2D eigenvalue weighted by molar-refractivity contribution is -0.137. The average molecular weight is 531 g/mol. The first-order valence-corrected chi connectivity index (χ1v) is 12.0. The van der Waals surface area contributed by atoms with Crippen molar-refractivity contribution in [2.24, 2.45) is 0 Å². The Morgan fingerprint density at radius 2 is 1.92 bits per heavy atom. The Balaban J connectivity index is 1.53. The maximum absolute atomic E-state index is 13.7. The zero-order chi connectivity index (χ0) is 26.5. The maximum atomic E-state index is 13.7. The van der Waals surface area contributed by atoms with Crippen LogP contribution in [-0.2, 0) is 15.8 Å². The van der Waals surface area contributed by atoms with Crippen molar-refractivity contribution in [1.29, 1.82) is 5.26 Å². The van der Waals surface area contributed by atoms with Crippen molar-refractivity contribution < 1.29 is 32.2 Å². The van der Waals surface area contributed by atoms with E-state index in [4.69, 9.17) is 27.0 Å². The normalized spacial score (nSPS) is 20.4. The van der Waals surface area contributed by atoms with Crippen LogP contribution < -0.4 is 24.6 Å². The third-order valence-electron chi connectivity index (χ3n) is 6.91. The SMILES string of the molecule is CNC(=O)C1CCOc2cc(N3C(=S)N(c4ccc(C#N)c(C(F)(F)F)c4)C(=O)C34CCC4)ccc2O1. The Labute approximate surface area is 215 Å². The third-order valence-corrected chi connectivity index (χ3v) is 7.28. The number of benzene rings is 2. The summed E-state index contributed by atoms with van der Waals surface area (Å²) >= 11 is 5.66. The van der Waals surface area contributed by atoms with Gasteiger partial charge in [0.25, 0.3) is 11.8 Å². The molecule has 3 aliphatic rings. The molecule has 1 N–H and O–H groups in total. The molecule has 1 saturated heterocycles. The zero-order valence-electron chi connectivity index (χ0n) is 19.6. The molecular formula is C25H21F3N4O4S. The number of fused-ring (bicyclic) bond motifs is 1.